The van der Waals surface area contributed by atoms with Crippen LogP contribution in [0, 0.1) is 0 Å². The highest BCUT2D eigenvalue weighted by Gasteiger charge is 2.40. The molecule has 2 aliphatic rings. The van der Waals surface area contributed by atoms with Gasteiger partial charge >= 0.3 is 0 Å². The Morgan fingerprint density at radius 3 is 1.74 bits per heavy atom. The van der Waals surface area contributed by atoms with E-state index in [1.807, 2.05) is 13.8 Å². The minimum Gasteiger partial charge on any atom is -0.378 e. The van der Waals surface area contributed by atoms with Crippen LogP contribution in [0.2, 0.25) is 0 Å². The summed E-state index contributed by atoms with van der Waals surface area (Å²) in [6.45, 7) is 9.83. The van der Waals surface area contributed by atoms with Gasteiger partial charge in [-0.15, -0.1) is 0 Å². The first-order chi connectivity index (χ1) is 9.17. The third kappa shape index (κ3) is 5.33. The normalized spacial score (nSPS) is 34.4. The largest absolute Gasteiger partial charge is 0.378 e. The van der Waals surface area contributed by atoms with Crippen molar-refractivity contribution >= 4 is 0 Å². The predicted molar refractivity (Wildman–Crippen MR) is 71.2 cm³/mol. The molecule has 0 spiro atoms. The van der Waals surface area contributed by atoms with E-state index in [-0.39, 0.29) is 12.2 Å². The molecule has 6 nitrogen and oxygen atoms in total. The fraction of sp³-hybridized carbons (Fsp3) is 1.00. The van der Waals surface area contributed by atoms with E-state index in [1.54, 1.807) is 0 Å². The van der Waals surface area contributed by atoms with Gasteiger partial charge in [-0.2, -0.15) is 0 Å². The zero-order valence-corrected chi connectivity index (χ0v) is 11.9. The van der Waals surface area contributed by atoms with Crippen molar-refractivity contribution in [2.45, 2.75) is 31.8 Å². The Morgan fingerprint density at radius 1 is 0.789 bits per heavy atom. The average Bonchev–Trinajstić information content (AvgIpc) is 2.65. The van der Waals surface area contributed by atoms with Crippen LogP contribution in [0.4, 0.5) is 0 Å². The second kappa shape index (κ2) is 7.52. The maximum Gasteiger partial charge on any atom is 0.163 e. The summed E-state index contributed by atoms with van der Waals surface area (Å²) in [7, 11) is 0. The third-order valence-electron chi connectivity index (χ3n) is 3.19. The van der Waals surface area contributed by atoms with Crippen molar-refractivity contribution in [3.63, 3.8) is 0 Å². The fourth-order valence-electron chi connectivity index (χ4n) is 2.35. The molecule has 0 radical (unpaired) electrons. The summed E-state index contributed by atoms with van der Waals surface area (Å²) in [6.07, 6.45) is 0.151. The third-order valence-corrected chi connectivity index (χ3v) is 3.19. The number of fused-ring (bicyclic) bond motifs is 1. The van der Waals surface area contributed by atoms with Crippen molar-refractivity contribution in [3.05, 3.63) is 0 Å². The van der Waals surface area contributed by atoms with Crippen LogP contribution in [-0.4, -0.2) is 70.6 Å². The van der Waals surface area contributed by atoms with Gasteiger partial charge in [0.2, 0.25) is 0 Å². The molecule has 0 aromatic heterocycles. The highest BCUT2D eigenvalue weighted by molar-refractivity contribution is 4.84. The SMILES string of the molecule is CC1(C)O[C@H]2CNCCOCCOCCNC[C@H]2O1. The fourth-order valence-corrected chi connectivity index (χ4v) is 2.35. The summed E-state index contributed by atoms with van der Waals surface area (Å²) in [4.78, 5) is 0. The van der Waals surface area contributed by atoms with Crippen LogP contribution in [0.5, 0.6) is 0 Å². The Labute approximate surface area is 115 Å². The van der Waals surface area contributed by atoms with E-state index in [4.69, 9.17) is 18.9 Å². The lowest BCUT2D eigenvalue weighted by Gasteiger charge is -2.18. The van der Waals surface area contributed by atoms with Crippen molar-refractivity contribution < 1.29 is 18.9 Å². The van der Waals surface area contributed by atoms with Gasteiger partial charge in [0.05, 0.1) is 26.4 Å². The Balaban J connectivity index is 1.82. The summed E-state index contributed by atoms with van der Waals surface area (Å²) < 4.78 is 22.7. The van der Waals surface area contributed by atoms with Crippen LogP contribution < -0.4 is 10.6 Å². The first kappa shape index (κ1) is 15.2. The van der Waals surface area contributed by atoms with Crippen LogP contribution in [0.15, 0.2) is 0 Å². The van der Waals surface area contributed by atoms with Gasteiger partial charge in [-0.05, 0) is 13.8 Å². The zero-order valence-electron chi connectivity index (χ0n) is 11.9. The average molecular weight is 274 g/mol. The number of hydrogen-bond acceptors (Lipinski definition) is 6. The van der Waals surface area contributed by atoms with Crippen LogP contribution in [-0.2, 0) is 18.9 Å². The van der Waals surface area contributed by atoms with Gasteiger partial charge in [0.1, 0.15) is 12.2 Å². The first-order valence-electron chi connectivity index (χ1n) is 7.10. The van der Waals surface area contributed by atoms with E-state index < -0.39 is 5.79 Å². The maximum atomic E-state index is 5.92. The lowest BCUT2D eigenvalue weighted by atomic mass is 10.2. The van der Waals surface area contributed by atoms with Gasteiger partial charge in [-0.1, -0.05) is 0 Å². The minimum atomic E-state index is -0.500. The van der Waals surface area contributed by atoms with Gasteiger partial charge < -0.3 is 29.6 Å². The molecule has 19 heavy (non-hydrogen) atoms. The van der Waals surface area contributed by atoms with Gasteiger partial charge in [-0.25, -0.2) is 0 Å². The van der Waals surface area contributed by atoms with Gasteiger partial charge in [-0.3, -0.25) is 0 Å². The highest BCUT2D eigenvalue weighted by atomic mass is 16.8. The molecule has 2 aliphatic heterocycles. The Morgan fingerprint density at radius 2 is 1.26 bits per heavy atom. The van der Waals surface area contributed by atoms with Crippen LogP contribution in [0.25, 0.3) is 0 Å². The molecule has 0 aromatic carbocycles. The van der Waals surface area contributed by atoms with Crippen LogP contribution in [0.3, 0.4) is 0 Å². The number of rotatable bonds is 0. The summed E-state index contributed by atoms with van der Waals surface area (Å²) in [5.41, 5.74) is 0. The molecule has 6 heteroatoms. The molecule has 112 valence electrons. The van der Waals surface area contributed by atoms with Crippen molar-refractivity contribution in [1.29, 1.82) is 0 Å². The molecule has 2 saturated heterocycles. The summed E-state index contributed by atoms with van der Waals surface area (Å²) in [6, 6.07) is 0. The van der Waals surface area contributed by atoms with Gasteiger partial charge in [0, 0.05) is 26.2 Å². The monoisotopic (exact) mass is 274 g/mol. The Hall–Kier alpha value is -0.240. The zero-order chi connectivity index (χ0) is 13.6. The summed E-state index contributed by atoms with van der Waals surface area (Å²) in [5, 5.41) is 6.70. The molecular weight excluding hydrogens is 248 g/mol. The molecule has 2 heterocycles. The first-order valence-corrected chi connectivity index (χ1v) is 7.10. The van der Waals surface area contributed by atoms with E-state index in [1.165, 1.54) is 0 Å². The molecule has 0 saturated carbocycles. The van der Waals surface area contributed by atoms with Crippen molar-refractivity contribution in [1.82, 2.24) is 10.6 Å². The van der Waals surface area contributed by atoms with E-state index in [0.29, 0.717) is 26.4 Å². The van der Waals surface area contributed by atoms with Crippen molar-refractivity contribution in [2.24, 2.45) is 0 Å². The molecular formula is C13H26N2O4. The minimum absolute atomic E-state index is 0.0753. The molecule has 0 unspecified atom stereocenters. The lowest BCUT2D eigenvalue weighted by Crippen LogP contribution is -2.41. The highest BCUT2D eigenvalue weighted by Crippen LogP contribution is 2.27. The number of hydrogen-bond donors (Lipinski definition) is 2. The maximum absolute atomic E-state index is 5.92. The van der Waals surface area contributed by atoms with Gasteiger partial charge in [0.15, 0.2) is 5.79 Å². The topological polar surface area (TPSA) is 61.0 Å². The quantitative estimate of drug-likeness (QED) is 0.634. The van der Waals surface area contributed by atoms with Crippen LogP contribution in [0.1, 0.15) is 13.8 Å². The molecule has 0 bridgehead atoms. The number of ether oxygens (including phenoxy) is 4. The molecule has 2 atom stereocenters. The van der Waals surface area contributed by atoms with Gasteiger partial charge in [0.25, 0.3) is 0 Å². The smallest absolute Gasteiger partial charge is 0.163 e. The summed E-state index contributed by atoms with van der Waals surface area (Å²) in [5.74, 6) is -0.500. The van der Waals surface area contributed by atoms with Crippen molar-refractivity contribution in [2.75, 3.05) is 52.6 Å². The summed E-state index contributed by atoms with van der Waals surface area (Å²) >= 11 is 0. The standard InChI is InChI=1S/C13H26N2O4/c1-13(2)18-11-9-14-3-5-16-7-8-17-6-4-15-10-12(11)19-13/h11-12,14-15H,3-10H2,1-2H3/t11-,12+. The van der Waals surface area contributed by atoms with Crippen molar-refractivity contribution in [3.8, 4) is 0 Å². The predicted octanol–water partition coefficient (Wildman–Crippen LogP) is -0.267. The second-order valence-electron chi connectivity index (χ2n) is 5.35. The molecule has 0 aliphatic carbocycles. The Kier molecular flexibility index (Phi) is 6.00. The number of nitrogens with one attached hydrogen (secondary N) is 2. The van der Waals surface area contributed by atoms with E-state index in [2.05, 4.69) is 10.6 Å². The van der Waals surface area contributed by atoms with E-state index in [9.17, 15) is 0 Å². The second-order valence-corrected chi connectivity index (χ2v) is 5.35. The molecule has 2 rings (SSSR count). The molecule has 2 N–H and O–H groups in total. The Bertz CT molecular complexity index is 239. The van der Waals surface area contributed by atoms with Crippen LogP contribution >= 0.6 is 0 Å². The van der Waals surface area contributed by atoms with E-state index >= 15 is 0 Å². The van der Waals surface area contributed by atoms with E-state index in [0.717, 1.165) is 26.2 Å². The lowest BCUT2D eigenvalue weighted by molar-refractivity contribution is -0.145. The molecule has 2 fully saturated rings. The molecule has 0 amide bonds. The molecule has 0 aromatic rings.